The topological polar surface area (TPSA) is 95.9 Å². The van der Waals surface area contributed by atoms with Crippen LogP contribution in [-0.2, 0) is 14.3 Å². The average Bonchev–Trinajstić information content (AvgIpc) is 3.68. The van der Waals surface area contributed by atoms with Crippen molar-refractivity contribution in [3.63, 3.8) is 0 Å². The summed E-state index contributed by atoms with van der Waals surface area (Å²) in [6.45, 7) is 4.95. The summed E-state index contributed by atoms with van der Waals surface area (Å²) < 4.78 is 5.50. The van der Waals surface area contributed by atoms with Gasteiger partial charge in [-0.05, 0) is 83.5 Å². The molecule has 0 aliphatic rings. The van der Waals surface area contributed by atoms with Crippen LogP contribution in [-0.4, -0.2) is 47.4 Å². The van der Waals surface area contributed by atoms with Crippen LogP contribution in [0.3, 0.4) is 0 Å². The maximum Gasteiger partial charge on any atom is 0.305 e. The first-order valence-corrected chi connectivity index (χ1v) is 41.3. The van der Waals surface area contributed by atoms with E-state index in [1.54, 1.807) is 6.08 Å². The molecule has 6 heteroatoms. The fraction of sp³-hybridized carbons (Fsp3) is 0.905. The quantitative estimate of drug-likeness (QED) is 0.0320. The Morgan fingerprint density at radius 1 is 0.300 bits per heavy atom. The monoisotopic (exact) mass is 1260 g/mol. The van der Waals surface area contributed by atoms with E-state index in [9.17, 15) is 19.8 Å². The van der Waals surface area contributed by atoms with E-state index < -0.39 is 12.1 Å². The molecule has 1 amide bonds. The molecule has 0 rings (SSSR count). The van der Waals surface area contributed by atoms with Crippen molar-refractivity contribution in [2.75, 3.05) is 13.2 Å². The van der Waals surface area contributed by atoms with Gasteiger partial charge in [-0.1, -0.05) is 403 Å². The zero-order valence-corrected chi connectivity index (χ0v) is 61.1. The zero-order valence-electron chi connectivity index (χ0n) is 61.1. The van der Waals surface area contributed by atoms with Crippen molar-refractivity contribution in [3.8, 4) is 0 Å². The second-order valence-corrected chi connectivity index (χ2v) is 28.4. The summed E-state index contributed by atoms with van der Waals surface area (Å²) in [7, 11) is 0. The molecular weight excluding hydrogens is 1100 g/mol. The van der Waals surface area contributed by atoms with Crippen LogP contribution in [0.5, 0.6) is 0 Å². The third-order valence-corrected chi connectivity index (χ3v) is 19.4. The second-order valence-electron chi connectivity index (χ2n) is 28.4. The van der Waals surface area contributed by atoms with Crippen LogP contribution in [0.2, 0.25) is 0 Å². The summed E-state index contributed by atoms with van der Waals surface area (Å²) in [5.41, 5.74) is 0. The lowest BCUT2D eigenvalue weighted by molar-refractivity contribution is -0.143. The number of aliphatic hydroxyl groups is 2. The van der Waals surface area contributed by atoms with Crippen LogP contribution in [0.1, 0.15) is 463 Å². The Bertz CT molecular complexity index is 1460. The number of unbranched alkanes of at least 4 members (excludes halogenated alkanes) is 63. The highest BCUT2D eigenvalue weighted by Crippen LogP contribution is 2.20. The van der Waals surface area contributed by atoms with E-state index in [0.29, 0.717) is 19.4 Å². The lowest BCUT2D eigenvalue weighted by Gasteiger charge is -2.20. The van der Waals surface area contributed by atoms with Crippen LogP contribution in [0.25, 0.3) is 0 Å². The first-order chi connectivity index (χ1) is 44.5. The van der Waals surface area contributed by atoms with Gasteiger partial charge >= 0.3 is 5.97 Å². The Morgan fingerprint density at radius 3 is 0.789 bits per heavy atom. The predicted octanol–water partition coefficient (Wildman–Crippen LogP) is 27.4. The second kappa shape index (κ2) is 79.5. The molecule has 0 saturated carbocycles. The molecule has 0 saturated heterocycles. The number of hydrogen-bond acceptors (Lipinski definition) is 5. The molecule has 90 heavy (non-hydrogen) atoms. The van der Waals surface area contributed by atoms with Gasteiger partial charge in [0.25, 0.3) is 0 Å². The SMILES string of the molecule is CCCCCCCC/C=C\CCCCCCCC(=O)OCCCCCCCCCCCCCCCC/C=C\CCCCCCCCCCCCCCCCCCCC(=O)NC(CO)C(O)/C=C/CCCCCCCCCCCCCCCCCCCCCCC. The normalized spacial score (nSPS) is 12.6. The van der Waals surface area contributed by atoms with Crippen LogP contribution in [0, 0.1) is 0 Å². The van der Waals surface area contributed by atoms with Crippen molar-refractivity contribution in [1.29, 1.82) is 0 Å². The molecule has 0 radical (unpaired) electrons. The number of esters is 1. The Morgan fingerprint density at radius 2 is 0.522 bits per heavy atom. The number of allylic oxidation sites excluding steroid dienone is 5. The van der Waals surface area contributed by atoms with Crippen molar-refractivity contribution >= 4 is 11.9 Å². The summed E-state index contributed by atoms with van der Waals surface area (Å²) in [5, 5.41) is 23.3. The first kappa shape index (κ1) is 88.1. The minimum atomic E-state index is -0.844. The van der Waals surface area contributed by atoms with Crippen LogP contribution in [0.4, 0.5) is 0 Å². The van der Waals surface area contributed by atoms with Gasteiger partial charge in [0.1, 0.15) is 0 Å². The third-order valence-electron chi connectivity index (χ3n) is 19.4. The van der Waals surface area contributed by atoms with Crippen molar-refractivity contribution in [2.45, 2.75) is 475 Å². The Kier molecular flexibility index (Phi) is 77.8. The van der Waals surface area contributed by atoms with E-state index in [4.69, 9.17) is 4.74 Å². The van der Waals surface area contributed by atoms with Crippen molar-refractivity contribution < 1.29 is 24.5 Å². The highest BCUT2D eigenvalue weighted by Gasteiger charge is 2.18. The zero-order chi connectivity index (χ0) is 64.9. The maximum atomic E-state index is 12.6. The molecule has 0 aromatic carbocycles. The molecule has 0 aromatic rings. The molecule has 6 nitrogen and oxygen atoms in total. The Balaban J connectivity index is 3.37. The largest absolute Gasteiger partial charge is 0.466 e. The Labute approximate surface area is 564 Å². The molecule has 3 N–H and O–H groups in total. The molecule has 0 aromatic heterocycles. The van der Waals surface area contributed by atoms with E-state index in [2.05, 4.69) is 43.5 Å². The van der Waals surface area contributed by atoms with Crippen LogP contribution >= 0.6 is 0 Å². The molecular formula is C84H161NO5. The molecule has 2 unspecified atom stereocenters. The van der Waals surface area contributed by atoms with Crippen molar-refractivity contribution in [2.24, 2.45) is 0 Å². The molecule has 0 heterocycles. The van der Waals surface area contributed by atoms with Gasteiger partial charge in [0.2, 0.25) is 5.91 Å². The van der Waals surface area contributed by atoms with Crippen molar-refractivity contribution in [3.05, 3.63) is 36.5 Å². The molecule has 2 atom stereocenters. The maximum absolute atomic E-state index is 12.6. The van der Waals surface area contributed by atoms with Crippen LogP contribution in [0.15, 0.2) is 36.5 Å². The summed E-state index contributed by atoms with van der Waals surface area (Å²) in [6.07, 6.45) is 104. The van der Waals surface area contributed by atoms with E-state index in [1.807, 2.05) is 6.08 Å². The number of carbonyl (C=O) groups is 2. The highest BCUT2D eigenvalue weighted by molar-refractivity contribution is 5.76. The van der Waals surface area contributed by atoms with Gasteiger partial charge in [-0.25, -0.2) is 0 Å². The van der Waals surface area contributed by atoms with E-state index in [1.165, 1.54) is 392 Å². The van der Waals surface area contributed by atoms with Gasteiger partial charge in [-0.3, -0.25) is 9.59 Å². The number of nitrogens with one attached hydrogen (secondary N) is 1. The number of rotatable bonds is 78. The third kappa shape index (κ3) is 75.1. The molecule has 0 aliphatic heterocycles. The molecule has 0 bridgehead atoms. The van der Waals surface area contributed by atoms with E-state index in [-0.39, 0.29) is 18.5 Å². The standard InChI is InChI=1S/C84H161NO5/c1-3-5-7-9-11-13-15-17-19-20-21-22-36-39-42-45-49-52-56-60-64-68-72-76-82(87)81(80-86)85-83(88)77-73-69-65-61-57-53-50-46-43-40-37-34-32-30-28-26-24-23-25-27-29-31-33-35-38-41-44-47-51-55-59-63-67-71-75-79-90-84(89)78-74-70-66-62-58-54-48-18-16-14-12-10-8-6-4-2/h18,25,27,48,72,76,81-82,86-87H,3-17,19-24,26,28-47,49-71,73-75,77-80H2,1-2H3,(H,85,88)/b27-25-,48-18-,76-72+. The molecule has 0 fully saturated rings. The number of carbonyl (C=O) groups excluding carboxylic acids is 2. The minimum absolute atomic E-state index is 0.0128. The molecule has 532 valence electrons. The fourth-order valence-electron chi connectivity index (χ4n) is 13.1. The number of hydrogen-bond donors (Lipinski definition) is 3. The van der Waals surface area contributed by atoms with Gasteiger partial charge < -0.3 is 20.3 Å². The summed E-state index contributed by atoms with van der Waals surface area (Å²) >= 11 is 0. The number of amides is 1. The predicted molar refractivity (Wildman–Crippen MR) is 398 cm³/mol. The van der Waals surface area contributed by atoms with Crippen molar-refractivity contribution in [1.82, 2.24) is 5.32 Å². The smallest absolute Gasteiger partial charge is 0.305 e. The summed E-state index contributed by atoms with van der Waals surface area (Å²) in [6, 6.07) is -0.627. The van der Waals surface area contributed by atoms with Gasteiger partial charge in [0.15, 0.2) is 0 Å². The lowest BCUT2D eigenvalue weighted by atomic mass is 10.0. The molecule has 0 spiro atoms. The Hall–Kier alpha value is -1.92. The lowest BCUT2D eigenvalue weighted by Crippen LogP contribution is -2.45. The van der Waals surface area contributed by atoms with Gasteiger partial charge in [-0.2, -0.15) is 0 Å². The minimum Gasteiger partial charge on any atom is -0.466 e. The van der Waals surface area contributed by atoms with Gasteiger partial charge in [0.05, 0.1) is 25.4 Å². The number of aliphatic hydroxyl groups excluding tert-OH is 2. The summed E-state index contributed by atoms with van der Waals surface area (Å²) in [4.78, 5) is 24.6. The molecule has 0 aliphatic carbocycles. The fourth-order valence-corrected chi connectivity index (χ4v) is 13.1. The van der Waals surface area contributed by atoms with Crippen LogP contribution < -0.4 is 5.32 Å². The van der Waals surface area contributed by atoms with Gasteiger partial charge in [0, 0.05) is 12.8 Å². The van der Waals surface area contributed by atoms with E-state index >= 15 is 0 Å². The highest BCUT2D eigenvalue weighted by atomic mass is 16.5. The van der Waals surface area contributed by atoms with E-state index in [0.717, 1.165) is 44.9 Å². The van der Waals surface area contributed by atoms with Gasteiger partial charge in [-0.15, -0.1) is 0 Å². The average molecular weight is 1270 g/mol. The number of ether oxygens (including phenoxy) is 1. The summed E-state index contributed by atoms with van der Waals surface area (Å²) in [5.74, 6) is -0.0465. The first-order valence-electron chi connectivity index (χ1n) is 41.3.